The Labute approximate surface area is 154 Å². The molecule has 1 aromatic heterocycles. The van der Waals surface area contributed by atoms with E-state index in [-0.39, 0.29) is 24.1 Å². The first-order valence-corrected chi connectivity index (χ1v) is 7.34. The van der Waals surface area contributed by atoms with Gasteiger partial charge in [-0.2, -0.15) is 0 Å². The van der Waals surface area contributed by atoms with Crippen molar-refractivity contribution in [1.29, 1.82) is 0 Å². The van der Waals surface area contributed by atoms with Gasteiger partial charge in [0.2, 0.25) is 6.21 Å². The highest BCUT2D eigenvalue weighted by molar-refractivity contribution is 6.03. The maximum atomic E-state index is 10.8. The predicted octanol–water partition coefficient (Wildman–Crippen LogP) is -2.49. The molecule has 3 rings (SSSR count). The molecule has 0 spiro atoms. The summed E-state index contributed by atoms with van der Waals surface area (Å²) in [4.78, 5) is 13.6. The van der Waals surface area contributed by atoms with Crippen LogP contribution in [0.5, 0.6) is 0 Å². The molecule has 0 radical (unpaired) electrons. The number of fused-ring (bicyclic) bond motifs is 1. The molecule has 7 N–H and O–H groups in total. The molecule has 0 saturated carbocycles. The van der Waals surface area contributed by atoms with Crippen molar-refractivity contribution in [1.82, 2.24) is 4.98 Å². The predicted molar refractivity (Wildman–Crippen MR) is 96.6 cm³/mol. The fraction of sp³-hybridized carbons (Fsp3) is 0. The van der Waals surface area contributed by atoms with Crippen molar-refractivity contribution in [3.63, 3.8) is 0 Å². The molecule has 2 aromatic carbocycles. The van der Waals surface area contributed by atoms with E-state index < -0.39 is 4.92 Å². The Balaban J connectivity index is 0.00000243. The Morgan fingerprint density at radius 2 is 1.88 bits per heavy atom. The van der Waals surface area contributed by atoms with Crippen molar-refractivity contribution in [2.24, 2.45) is 16.6 Å². The van der Waals surface area contributed by atoms with Crippen LogP contribution in [-0.2, 0) is 0 Å². The molecular formula is C16H16ClN7O2. The quantitative estimate of drug-likeness (QED) is 0.145. The highest BCUT2D eigenvalue weighted by Crippen LogP contribution is 2.29. The molecule has 3 aromatic rings. The SMILES string of the molecule is NC(N)=N/[NH+]=C\c1[nH]c2ccccc2c1Nc1ccc([N+](=O)[O-])cc1.[Cl-]. The minimum atomic E-state index is -0.437. The minimum Gasteiger partial charge on any atom is -1.00 e. The maximum absolute atomic E-state index is 10.8. The van der Waals surface area contributed by atoms with E-state index in [0.29, 0.717) is 5.69 Å². The lowest BCUT2D eigenvalue weighted by atomic mass is 10.2. The summed E-state index contributed by atoms with van der Waals surface area (Å²) in [6, 6.07) is 13.9. The molecule has 9 nitrogen and oxygen atoms in total. The summed E-state index contributed by atoms with van der Waals surface area (Å²) >= 11 is 0. The van der Waals surface area contributed by atoms with Gasteiger partial charge in [0.15, 0.2) is 0 Å². The molecule has 0 unspecified atom stereocenters. The van der Waals surface area contributed by atoms with E-state index in [0.717, 1.165) is 22.3 Å². The van der Waals surface area contributed by atoms with Crippen LogP contribution in [0.15, 0.2) is 53.6 Å². The Hall–Kier alpha value is -3.59. The van der Waals surface area contributed by atoms with Crippen molar-refractivity contribution in [3.8, 4) is 0 Å². The summed E-state index contributed by atoms with van der Waals surface area (Å²) in [6.45, 7) is 0. The lowest BCUT2D eigenvalue weighted by Gasteiger charge is -2.05. The molecule has 1 heterocycles. The normalized spacial score (nSPS) is 10.5. The third-order valence-corrected chi connectivity index (χ3v) is 3.49. The van der Waals surface area contributed by atoms with Gasteiger partial charge < -0.3 is 34.2 Å². The van der Waals surface area contributed by atoms with Crippen LogP contribution < -0.4 is 34.3 Å². The van der Waals surface area contributed by atoms with E-state index in [4.69, 9.17) is 11.5 Å². The average Bonchev–Trinajstić information content (AvgIpc) is 2.93. The van der Waals surface area contributed by atoms with Gasteiger partial charge in [0.05, 0.1) is 10.6 Å². The van der Waals surface area contributed by atoms with Gasteiger partial charge in [0, 0.05) is 33.8 Å². The zero-order chi connectivity index (χ0) is 17.8. The molecular weight excluding hydrogens is 358 g/mol. The van der Waals surface area contributed by atoms with Crippen LogP contribution in [0, 0.1) is 10.1 Å². The Kier molecular flexibility index (Phi) is 5.76. The summed E-state index contributed by atoms with van der Waals surface area (Å²) in [6.07, 6.45) is 1.62. The number of aromatic nitrogens is 1. The fourth-order valence-electron chi connectivity index (χ4n) is 2.39. The number of nitro benzene ring substituents is 1. The molecule has 10 heteroatoms. The van der Waals surface area contributed by atoms with E-state index in [1.54, 1.807) is 18.3 Å². The molecule has 0 fully saturated rings. The van der Waals surface area contributed by atoms with Crippen LogP contribution in [0.4, 0.5) is 17.1 Å². The number of aromatic amines is 1. The van der Waals surface area contributed by atoms with Gasteiger partial charge >= 0.3 is 0 Å². The van der Waals surface area contributed by atoms with Crippen LogP contribution in [0.1, 0.15) is 5.69 Å². The third kappa shape index (κ3) is 4.08. The lowest BCUT2D eigenvalue weighted by molar-refractivity contribution is -0.456. The number of guanidine groups is 1. The van der Waals surface area contributed by atoms with E-state index >= 15 is 0 Å². The highest BCUT2D eigenvalue weighted by Gasteiger charge is 2.13. The number of halogens is 1. The third-order valence-electron chi connectivity index (χ3n) is 3.49. The van der Waals surface area contributed by atoms with E-state index in [9.17, 15) is 10.1 Å². The molecule has 0 aliphatic carbocycles. The number of hydrogen-bond donors (Lipinski definition) is 5. The van der Waals surface area contributed by atoms with Gasteiger partial charge in [-0.3, -0.25) is 10.1 Å². The van der Waals surface area contributed by atoms with E-state index in [2.05, 4.69) is 20.5 Å². The van der Waals surface area contributed by atoms with E-state index in [1.165, 1.54) is 12.1 Å². The van der Waals surface area contributed by atoms with Crippen LogP contribution >= 0.6 is 0 Å². The number of nitrogens with zero attached hydrogens (tertiary/aromatic N) is 2. The van der Waals surface area contributed by atoms with Gasteiger partial charge in [-0.1, -0.05) is 18.2 Å². The first-order chi connectivity index (χ1) is 12.0. The van der Waals surface area contributed by atoms with Crippen molar-refractivity contribution in [2.75, 3.05) is 5.32 Å². The highest BCUT2D eigenvalue weighted by atomic mass is 35.5. The van der Waals surface area contributed by atoms with Gasteiger partial charge in [-0.05, 0) is 18.2 Å². The number of benzene rings is 2. The number of nitrogens with one attached hydrogen (secondary N) is 3. The Morgan fingerprint density at radius 1 is 1.19 bits per heavy atom. The summed E-state index contributed by atoms with van der Waals surface area (Å²) in [5, 5.41) is 21.4. The van der Waals surface area contributed by atoms with Crippen molar-refractivity contribution < 1.29 is 22.4 Å². The van der Waals surface area contributed by atoms with Crippen LogP contribution in [0.25, 0.3) is 10.9 Å². The number of hydrogen-bond acceptors (Lipinski definition) is 4. The molecule has 0 amide bonds. The van der Waals surface area contributed by atoms with Crippen molar-refractivity contribution in [3.05, 3.63) is 64.3 Å². The van der Waals surface area contributed by atoms with Crippen molar-refractivity contribution in [2.45, 2.75) is 0 Å². The molecule has 0 aliphatic heterocycles. The molecule has 0 saturated heterocycles. The molecule has 134 valence electrons. The summed E-state index contributed by atoms with van der Waals surface area (Å²) in [5.74, 6) is -0.0859. The number of nitro groups is 1. The van der Waals surface area contributed by atoms with Gasteiger partial charge in [-0.25, -0.2) is 0 Å². The summed E-state index contributed by atoms with van der Waals surface area (Å²) in [7, 11) is 0. The van der Waals surface area contributed by atoms with Gasteiger partial charge in [0.1, 0.15) is 5.69 Å². The van der Waals surface area contributed by atoms with Crippen LogP contribution in [0.3, 0.4) is 0 Å². The number of nitrogens with two attached hydrogens (primary N) is 2. The smallest absolute Gasteiger partial charge is 0.269 e. The second-order valence-corrected chi connectivity index (χ2v) is 5.20. The van der Waals surface area contributed by atoms with Gasteiger partial charge in [0.25, 0.3) is 11.6 Å². The maximum Gasteiger partial charge on any atom is 0.269 e. The number of non-ortho nitro benzene ring substituents is 1. The number of hydrazone groups is 1. The van der Waals surface area contributed by atoms with Crippen LogP contribution in [-0.4, -0.2) is 22.1 Å². The zero-order valence-electron chi connectivity index (χ0n) is 13.4. The second kappa shape index (κ2) is 7.99. The summed E-state index contributed by atoms with van der Waals surface area (Å²) in [5.41, 5.74) is 13.8. The minimum absolute atomic E-state index is 0. The number of anilines is 2. The monoisotopic (exact) mass is 373 g/mol. The van der Waals surface area contributed by atoms with Gasteiger partial charge in [-0.15, -0.1) is 5.10 Å². The molecule has 0 atom stereocenters. The number of H-pyrrole nitrogens is 1. The fourth-order valence-corrected chi connectivity index (χ4v) is 2.39. The lowest BCUT2D eigenvalue weighted by Crippen LogP contribution is -3.00. The molecule has 0 aliphatic rings. The zero-order valence-corrected chi connectivity index (χ0v) is 14.2. The summed E-state index contributed by atoms with van der Waals surface area (Å²) < 4.78 is 0. The first kappa shape index (κ1) is 18.7. The largest absolute Gasteiger partial charge is 1.00 e. The Morgan fingerprint density at radius 3 is 2.54 bits per heavy atom. The first-order valence-electron chi connectivity index (χ1n) is 7.34. The number of rotatable bonds is 5. The Bertz CT molecular complexity index is 976. The molecule has 0 bridgehead atoms. The van der Waals surface area contributed by atoms with E-state index in [1.807, 2.05) is 24.3 Å². The topological polar surface area (TPSA) is 149 Å². The number of para-hydroxylation sites is 1. The molecule has 26 heavy (non-hydrogen) atoms. The van der Waals surface area contributed by atoms with Crippen molar-refractivity contribution >= 4 is 40.1 Å². The average molecular weight is 374 g/mol. The van der Waals surface area contributed by atoms with Crippen LogP contribution in [0.2, 0.25) is 0 Å². The standard InChI is InChI=1S/C16H15N7O2.ClH/c17-16(18)22-19-9-14-15(12-3-1-2-4-13(12)21-14)20-10-5-7-11(8-6-10)23(24)25;/h1-9,20-21H,(H4,17,18,22);1H/b19-9-;. The second-order valence-electron chi connectivity index (χ2n) is 5.20.